The number of benzene rings is 3. The quantitative estimate of drug-likeness (QED) is 0.170. The molecule has 0 radical (unpaired) electrons. The minimum Gasteiger partial charge on any atom is -0.486 e. The molecular weight excluding hydrogens is 549 g/mol. The van der Waals surface area contributed by atoms with Gasteiger partial charge < -0.3 is 13.9 Å². The molecule has 1 aromatic heterocycles. The fourth-order valence-corrected chi connectivity index (χ4v) is 5.44. The van der Waals surface area contributed by atoms with E-state index in [9.17, 15) is 14.4 Å². The van der Waals surface area contributed by atoms with Crippen LogP contribution in [0.5, 0.6) is 5.75 Å². The minimum absolute atomic E-state index is 0.0166. The van der Waals surface area contributed by atoms with Crippen molar-refractivity contribution < 1.29 is 28.3 Å². The summed E-state index contributed by atoms with van der Waals surface area (Å²) >= 11 is 13.8. The number of amides is 2. The van der Waals surface area contributed by atoms with E-state index in [1.165, 1.54) is 19.2 Å². The largest absolute Gasteiger partial charge is 0.486 e. The Morgan fingerprint density at radius 1 is 1.03 bits per heavy atom. The van der Waals surface area contributed by atoms with Gasteiger partial charge >= 0.3 is 5.97 Å². The van der Waals surface area contributed by atoms with Crippen molar-refractivity contribution in [3.63, 3.8) is 0 Å². The van der Waals surface area contributed by atoms with E-state index in [-0.39, 0.29) is 39.6 Å². The van der Waals surface area contributed by atoms with Crippen LogP contribution in [0.15, 0.2) is 76.1 Å². The Morgan fingerprint density at radius 3 is 2.53 bits per heavy atom. The molecule has 0 atom stereocenters. The predicted molar refractivity (Wildman–Crippen MR) is 146 cm³/mol. The molecule has 38 heavy (non-hydrogen) atoms. The van der Waals surface area contributed by atoms with Gasteiger partial charge in [-0.25, -0.2) is 4.79 Å². The molecule has 0 saturated carbocycles. The van der Waals surface area contributed by atoms with Gasteiger partial charge in [0.1, 0.15) is 12.4 Å². The number of carbonyl (C=O) groups excluding carboxylic acids is 3. The number of nitrogens with zero attached hydrogens (tertiary/aromatic N) is 1. The van der Waals surface area contributed by atoms with Crippen molar-refractivity contribution in [2.45, 2.75) is 13.2 Å². The Labute approximate surface area is 231 Å². The summed E-state index contributed by atoms with van der Waals surface area (Å²) in [7, 11) is 1.23. The SMILES string of the molecule is COC(=O)c1ccc(CN2C(=O)S/C(=C/c3cc(Cl)c(OCc4cccc5ccccc45)c(Cl)c3)C2=O)o1. The Bertz CT molecular complexity index is 1580. The molecule has 0 spiro atoms. The van der Waals surface area contributed by atoms with E-state index in [4.69, 9.17) is 32.4 Å². The number of imide groups is 1. The van der Waals surface area contributed by atoms with Crippen LogP contribution in [-0.2, 0) is 22.7 Å². The van der Waals surface area contributed by atoms with Gasteiger partial charge in [0.05, 0.1) is 28.6 Å². The molecular formula is C28H19Cl2NO6S. The number of halogens is 2. The van der Waals surface area contributed by atoms with Gasteiger partial charge in [0.2, 0.25) is 5.76 Å². The molecule has 2 amide bonds. The zero-order valence-electron chi connectivity index (χ0n) is 19.9. The van der Waals surface area contributed by atoms with E-state index in [1.54, 1.807) is 18.2 Å². The molecule has 1 fully saturated rings. The van der Waals surface area contributed by atoms with Gasteiger partial charge in [-0.15, -0.1) is 0 Å². The molecule has 5 rings (SSSR count). The minimum atomic E-state index is -0.649. The fraction of sp³-hybridized carbons (Fsp3) is 0.107. The summed E-state index contributed by atoms with van der Waals surface area (Å²) in [5.74, 6) is -0.571. The predicted octanol–water partition coefficient (Wildman–Crippen LogP) is 7.34. The molecule has 3 aromatic carbocycles. The van der Waals surface area contributed by atoms with Crippen LogP contribution in [0.3, 0.4) is 0 Å². The second kappa shape index (κ2) is 10.9. The summed E-state index contributed by atoms with van der Waals surface area (Å²) in [6.07, 6.45) is 1.54. The van der Waals surface area contributed by atoms with Crippen LogP contribution in [0, 0.1) is 0 Å². The molecule has 0 N–H and O–H groups in total. The van der Waals surface area contributed by atoms with Crippen LogP contribution in [-0.4, -0.2) is 29.1 Å². The highest BCUT2D eigenvalue weighted by Crippen LogP contribution is 2.38. The third kappa shape index (κ3) is 5.29. The van der Waals surface area contributed by atoms with Crippen LogP contribution in [0.1, 0.15) is 27.4 Å². The lowest BCUT2D eigenvalue weighted by molar-refractivity contribution is -0.123. The monoisotopic (exact) mass is 567 g/mol. The average Bonchev–Trinajstić information content (AvgIpc) is 3.48. The number of thioether (sulfide) groups is 1. The van der Waals surface area contributed by atoms with Crippen molar-refractivity contribution in [3.8, 4) is 5.75 Å². The summed E-state index contributed by atoms with van der Waals surface area (Å²) < 4.78 is 16.0. The zero-order valence-corrected chi connectivity index (χ0v) is 22.2. The van der Waals surface area contributed by atoms with Gasteiger partial charge in [0.25, 0.3) is 11.1 Å². The molecule has 4 aromatic rings. The Balaban J connectivity index is 1.31. The van der Waals surface area contributed by atoms with Crippen LogP contribution >= 0.6 is 35.0 Å². The highest BCUT2D eigenvalue weighted by atomic mass is 35.5. The molecule has 1 aliphatic rings. The first-order chi connectivity index (χ1) is 18.3. The van der Waals surface area contributed by atoms with E-state index in [0.29, 0.717) is 11.3 Å². The van der Waals surface area contributed by atoms with E-state index in [2.05, 4.69) is 4.74 Å². The van der Waals surface area contributed by atoms with Crippen molar-refractivity contribution >= 4 is 68.9 Å². The highest BCUT2D eigenvalue weighted by molar-refractivity contribution is 8.18. The van der Waals surface area contributed by atoms with Crippen molar-refractivity contribution in [2.24, 2.45) is 0 Å². The smallest absolute Gasteiger partial charge is 0.373 e. The topological polar surface area (TPSA) is 86.0 Å². The standard InChI is InChI=1S/C28H19Cl2NO6S/c1-35-27(33)23-10-9-19(37-23)14-31-26(32)24(38-28(31)34)13-16-11-21(29)25(22(30)12-16)36-15-18-7-4-6-17-5-2-3-8-20(17)18/h2-13H,14-15H2,1H3/b24-13+. The van der Waals surface area contributed by atoms with Gasteiger partial charge in [-0.05, 0) is 64.0 Å². The number of methoxy groups -OCH3 is 1. The zero-order chi connectivity index (χ0) is 26.8. The van der Waals surface area contributed by atoms with E-state index < -0.39 is 17.1 Å². The summed E-state index contributed by atoms with van der Waals surface area (Å²) in [6.45, 7) is 0.144. The molecule has 0 unspecified atom stereocenters. The number of ether oxygens (including phenoxy) is 2. The number of hydrogen-bond acceptors (Lipinski definition) is 7. The van der Waals surface area contributed by atoms with E-state index in [0.717, 1.165) is 33.0 Å². The molecule has 0 aliphatic carbocycles. The molecule has 1 saturated heterocycles. The third-order valence-electron chi connectivity index (χ3n) is 5.81. The van der Waals surface area contributed by atoms with E-state index >= 15 is 0 Å². The Kier molecular flexibility index (Phi) is 7.46. The number of esters is 1. The molecule has 2 heterocycles. The van der Waals surface area contributed by atoms with Crippen LogP contribution in [0.2, 0.25) is 10.0 Å². The molecule has 192 valence electrons. The number of fused-ring (bicyclic) bond motifs is 1. The fourth-order valence-electron chi connectivity index (χ4n) is 3.99. The molecule has 7 nitrogen and oxygen atoms in total. The lowest BCUT2D eigenvalue weighted by Crippen LogP contribution is -2.27. The maximum absolute atomic E-state index is 12.9. The summed E-state index contributed by atoms with van der Waals surface area (Å²) in [5, 5.41) is 2.25. The van der Waals surface area contributed by atoms with Crippen molar-refractivity contribution in [2.75, 3.05) is 7.11 Å². The summed E-state index contributed by atoms with van der Waals surface area (Å²) in [6, 6.07) is 20.1. The molecule has 1 aliphatic heterocycles. The summed E-state index contributed by atoms with van der Waals surface area (Å²) in [5.41, 5.74) is 1.53. The molecule has 0 bridgehead atoms. The van der Waals surface area contributed by atoms with Gasteiger partial charge in [-0.2, -0.15) is 0 Å². The van der Waals surface area contributed by atoms with E-state index in [1.807, 2.05) is 42.5 Å². The Hall–Kier alpha value is -3.72. The first kappa shape index (κ1) is 25.9. The van der Waals surface area contributed by atoms with Crippen LogP contribution in [0.4, 0.5) is 4.79 Å². The normalized spacial score (nSPS) is 14.5. The average molecular weight is 568 g/mol. The highest BCUT2D eigenvalue weighted by Gasteiger charge is 2.36. The third-order valence-corrected chi connectivity index (χ3v) is 7.27. The van der Waals surface area contributed by atoms with Gasteiger partial charge in [-0.1, -0.05) is 65.7 Å². The summed E-state index contributed by atoms with van der Waals surface area (Å²) in [4.78, 5) is 38.2. The number of rotatable bonds is 7. The van der Waals surface area contributed by atoms with Crippen molar-refractivity contribution in [1.29, 1.82) is 0 Å². The number of furan rings is 1. The second-order valence-electron chi connectivity index (χ2n) is 8.27. The van der Waals surface area contributed by atoms with Crippen LogP contribution in [0.25, 0.3) is 16.8 Å². The molecule has 10 heteroatoms. The van der Waals surface area contributed by atoms with Crippen LogP contribution < -0.4 is 4.74 Å². The lowest BCUT2D eigenvalue weighted by Gasteiger charge is -2.13. The maximum Gasteiger partial charge on any atom is 0.373 e. The number of hydrogen-bond donors (Lipinski definition) is 0. The maximum atomic E-state index is 12.9. The first-order valence-electron chi connectivity index (χ1n) is 11.3. The first-order valence-corrected chi connectivity index (χ1v) is 12.9. The van der Waals surface area contributed by atoms with Gasteiger partial charge in [0, 0.05) is 0 Å². The second-order valence-corrected chi connectivity index (χ2v) is 10.1. The van der Waals surface area contributed by atoms with Crippen molar-refractivity contribution in [1.82, 2.24) is 4.90 Å². The number of carbonyl (C=O) groups is 3. The van der Waals surface area contributed by atoms with Gasteiger partial charge in [0.15, 0.2) is 5.75 Å². The lowest BCUT2D eigenvalue weighted by atomic mass is 10.1. The Morgan fingerprint density at radius 2 is 1.76 bits per heavy atom. The van der Waals surface area contributed by atoms with Crippen molar-refractivity contribution in [3.05, 3.63) is 104 Å². The van der Waals surface area contributed by atoms with Gasteiger partial charge in [-0.3, -0.25) is 14.5 Å².